The van der Waals surface area contributed by atoms with E-state index in [4.69, 9.17) is 13.9 Å². The van der Waals surface area contributed by atoms with Gasteiger partial charge in [-0.3, -0.25) is 24.3 Å². The maximum Gasteiger partial charge on any atom is 0.338 e. The van der Waals surface area contributed by atoms with Crippen LogP contribution in [0.3, 0.4) is 0 Å². The number of fused-ring (bicyclic) bond motifs is 1. The number of aromatic nitrogens is 1. The normalized spacial score (nSPS) is 14.8. The third-order valence-electron chi connectivity index (χ3n) is 6.24. The standard InChI is InChI=1S/C29H23N3O8S/c1-4-38-28(35)25-16(2)30-29-31(26(25)18-9-11-19(12-10-18)39-17(3)33)27(34)24(41-29)15-20-13-14-23(40-20)21-7-5-6-8-22(21)32(36)37/h5-15,26H,4H2,1-3H3/b24-15+/t26-/m0/s1. The van der Waals surface area contributed by atoms with Crippen molar-refractivity contribution in [1.82, 2.24) is 4.57 Å². The Morgan fingerprint density at radius 2 is 1.88 bits per heavy atom. The van der Waals surface area contributed by atoms with E-state index in [9.17, 15) is 24.5 Å². The third kappa shape index (κ3) is 5.37. The average Bonchev–Trinajstić information content (AvgIpc) is 3.52. The van der Waals surface area contributed by atoms with Crippen LogP contribution in [-0.4, -0.2) is 28.0 Å². The van der Waals surface area contributed by atoms with Gasteiger partial charge in [0.1, 0.15) is 17.3 Å². The smallest absolute Gasteiger partial charge is 0.338 e. The molecule has 5 rings (SSSR count). The number of furan rings is 1. The van der Waals surface area contributed by atoms with Crippen molar-refractivity contribution in [2.24, 2.45) is 4.99 Å². The van der Waals surface area contributed by atoms with Gasteiger partial charge in [-0.15, -0.1) is 0 Å². The molecule has 11 nitrogen and oxygen atoms in total. The number of rotatable bonds is 7. The maximum atomic E-state index is 13.8. The zero-order valence-corrected chi connectivity index (χ0v) is 23.0. The Labute approximate surface area is 236 Å². The number of allylic oxidation sites excluding steroid dienone is 1. The molecule has 0 bridgehead atoms. The van der Waals surface area contributed by atoms with Crippen LogP contribution in [0, 0.1) is 10.1 Å². The first-order valence-corrected chi connectivity index (χ1v) is 13.3. The highest BCUT2D eigenvalue weighted by Gasteiger charge is 2.33. The van der Waals surface area contributed by atoms with Gasteiger partial charge in [0.15, 0.2) is 4.80 Å². The highest BCUT2D eigenvalue weighted by atomic mass is 32.1. The molecule has 3 heterocycles. The molecule has 1 aliphatic heterocycles. The predicted molar refractivity (Wildman–Crippen MR) is 149 cm³/mol. The number of para-hydroxylation sites is 1. The summed E-state index contributed by atoms with van der Waals surface area (Å²) >= 11 is 1.12. The maximum absolute atomic E-state index is 13.8. The van der Waals surface area contributed by atoms with Crippen molar-refractivity contribution < 1.29 is 28.4 Å². The van der Waals surface area contributed by atoms with Gasteiger partial charge in [-0.1, -0.05) is 35.6 Å². The first-order valence-electron chi connectivity index (χ1n) is 12.5. The zero-order chi connectivity index (χ0) is 29.3. The molecule has 0 amide bonds. The number of esters is 2. The minimum atomic E-state index is -0.849. The number of benzene rings is 2. The number of nitro groups is 1. The fraction of sp³-hybridized carbons (Fsp3) is 0.172. The van der Waals surface area contributed by atoms with Gasteiger partial charge in [-0.2, -0.15) is 0 Å². The summed E-state index contributed by atoms with van der Waals surface area (Å²) in [6.07, 6.45) is 1.53. The molecule has 41 heavy (non-hydrogen) atoms. The molecule has 0 saturated carbocycles. The van der Waals surface area contributed by atoms with Crippen LogP contribution in [0.25, 0.3) is 17.4 Å². The van der Waals surface area contributed by atoms with Crippen LogP contribution in [0.1, 0.15) is 38.1 Å². The van der Waals surface area contributed by atoms with Crippen LogP contribution in [0.4, 0.5) is 5.69 Å². The van der Waals surface area contributed by atoms with Gasteiger partial charge < -0.3 is 13.9 Å². The van der Waals surface area contributed by atoms with E-state index in [2.05, 4.69) is 4.99 Å². The van der Waals surface area contributed by atoms with Crippen molar-refractivity contribution in [3.63, 3.8) is 0 Å². The van der Waals surface area contributed by atoms with Crippen LogP contribution in [0.2, 0.25) is 0 Å². The summed E-state index contributed by atoms with van der Waals surface area (Å²) in [7, 11) is 0. The van der Waals surface area contributed by atoms with Crippen LogP contribution in [0.5, 0.6) is 5.75 Å². The van der Waals surface area contributed by atoms with Crippen LogP contribution < -0.4 is 19.6 Å². The largest absolute Gasteiger partial charge is 0.463 e. The minimum Gasteiger partial charge on any atom is -0.463 e. The summed E-state index contributed by atoms with van der Waals surface area (Å²) in [5.74, 6) is -0.164. The Balaban J connectivity index is 1.62. The molecular formula is C29H23N3O8S. The van der Waals surface area contributed by atoms with E-state index < -0.39 is 28.5 Å². The number of carbonyl (C=O) groups is 2. The zero-order valence-electron chi connectivity index (χ0n) is 22.2. The molecule has 1 aliphatic rings. The Kier molecular flexibility index (Phi) is 7.49. The minimum absolute atomic E-state index is 0.102. The topological polar surface area (TPSA) is 143 Å². The number of hydrogen-bond donors (Lipinski definition) is 0. The molecule has 0 N–H and O–H groups in total. The molecule has 0 fully saturated rings. The fourth-order valence-corrected chi connectivity index (χ4v) is 5.56. The second-order valence-electron chi connectivity index (χ2n) is 8.94. The van der Waals surface area contributed by atoms with E-state index in [-0.39, 0.29) is 28.2 Å². The lowest BCUT2D eigenvalue weighted by atomic mass is 9.96. The van der Waals surface area contributed by atoms with E-state index in [0.29, 0.717) is 33.1 Å². The van der Waals surface area contributed by atoms with Crippen molar-refractivity contribution in [3.05, 3.63) is 113 Å². The number of nitrogens with zero attached hydrogens (tertiary/aromatic N) is 3. The number of hydrogen-bond acceptors (Lipinski definition) is 10. The number of ether oxygens (including phenoxy) is 2. The van der Waals surface area contributed by atoms with Gasteiger partial charge in [-0.05, 0) is 49.7 Å². The fourth-order valence-electron chi connectivity index (χ4n) is 4.54. The molecule has 0 unspecified atom stereocenters. The first kappa shape index (κ1) is 27.5. The molecule has 2 aromatic heterocycles. The van der Waals surface area contributed by atoms with E-state index >= 15 is 0 Å². The summed E-state index contributed by atoms with van der Waals surface area (Å²) in [6.45, 7) is 4.79. The monoisotopic (exact) mass is 573 g/mol. The highest BCUT2D eigenvalue weighted by Crippen LogP contribution is 2.33. The average molecular weight is 574 g/mol. The Hall–Kier alpha value is -5.10. The number of nitro benzene ring substituents is 1. The van der Waals surface area contributed by atoms with Crippen molar-refractivity contribution in [3.8, 4) is 17.1 Å². The Bertz CT molecular complexity index is 1900. The van der Waals surface area contributed by atoms with Crippen LogP contribution >= 0.6 is 11.3 Å². The van der Waals surface area contributed by atoms with Gasteiger partial charge in [-0.25, -0.2) is 9.79 Å². The second kappa shape index (κ2) is 11.2. The molecule has 12 heteroatoms. The molecule has 1 atom stereocenters. The van der Waals surface area contributed by atoms with Gasteiger partial charge in [0.2, 0.25) is 0 Å². The highest BCUT2D eigenvalue weighted by molar-refractivity contribution is 7.07. The van der Waals surface area contributed by atoms with Crippen molar-refractivity contribution >= 4 is 35.0 Å². The molecule has 0 radical (unpaired) electrons. The lowest BCUT2D eigenvalue weighted by Crippen LogP contribution is -2.39. The number of thiazole rings is 1. The quantitative estimate of drug-likeness (QED) is 0.140. The molecule has 2 aromatic carbocycles. The molecule has 208 valence electrons. The van der Waals surface area contributed by atoms with Crippen molar-refractivity contribution in [2.75, 3.05) is 6.61 Å². The second-order valence-corrected chi connectivity index (χ2v) is 9.95. The molecule has 4 aromatic rings. The lowest BCUT2D eigenvalue weighted by Gasteiger charge is -2.24. The van der Waals surface area contributed by atoms with Crippen molar-refractivity contribution in [2.45, 2.75) is 26.8 Å². The number of carbonyl (C=O) groups excluding carboxylic acids is 2. The Morgan fingerprint density at radius 3 is 2.56 bits per heavy atom. The molecule has 0 saturated heterocycles. The third-order valence-corrected chi connectivity index (χ3v) is 7.22. The summed E-state index contributed by atoms with van der Waals surface area (Å²) in [6, 6.07) is 15.1. The van der Waals surface area contributed by atoms with Crippen molar-refractivity contribution in [1.29, 1.82) is 0 Å². The van der Waals surface area contributed by atoms with E-state index in [1.54, 1.807) is 68.4 Å². The molecule has 0 aliphatic carbocycles. The van der Waals surface area contributed by atoms with E-state index in [1.807, 2.05) is 0 Å². The van der Waals surface area contributed by atoms with Crippen LogP contribution in [-0.2, 0) is 14.3 Å². The van der Waals surface area contributed by atoms with Gasteiger partial charge in [0, 0.05) is 19.1 Å². The van der Waals surface area contributed by atoms with E-state index in [1.165, 1.54) is 23.6 Å². The van der Waals surface area contributed by atoms with E-state index in [0.717, 1.165) is 11.3 Å². The molecular weight excluding hydrogens is 550 g/mol. The van der Waals surface area contributed by atoms with Gasteiger partial charge in [0.05, 0.1) is 38.9 Å². The van der Waals surface area contributed by atoms with Gasteiger partial charge in [0.25, 0.3) is 11.2 Å². The molecule has 0 spiro atoms. The predicted octanol–water partition coefficient (Wildman–Crippen LogP) is 3.89. The summed E-state index contributed by atoms with van der Waals surface area (Å²) in [4.78, 5) is 54.0. The van der Waals surface area contributed by atoms with Crippen LogP contribution in [0.15, 0.2) is 86.1 Å². The summed E-state index contributed by atoms with van der Waals surface area (Å²) in [5.41, 5.74) is 0.994. The van der Waals surface area contributed by atoms with Gasteiger partial charge >= 0.3 is 11.9 Å². The summed E-state index contributed by atoms with van der Waals surface area (Å²) in [5, 5.41) is 11.4. The lowest BCUT2D eigenvalue weighted by molar-refractivity contribution is -0.384. The SMILES string of the molecule is CCOC(=O)C1=C(C)N=c2s/c(=C/c3ccc(-c4ccccc4[N+](=O)[O-])o3)c(=O)n2[C@H]1c1ccc(OC(C)=O)cc1. The Morgan fingerprint density at radius 1 is 1.15 bits per heavy atom. The summed E-state index contributed by atoms with van der Waals surface area (Å²) < 4.78 is 18.0. The first-order chi connectivity index (χ1) is 19.7.